The lowest BCUT2D eigenvalue weighted by Crippen LogP contribution is -2.07. The van der Waals surface area contributed by atoms with Gasteiger partial charge in [0.1, 0.15) is 5.69 Å². The summed E-state index contributed by atoms with van der Waals surface area (Å²) in [7, 11) is 0. The minimum absolute atomic E-state index is 0.0119. The van der Waals surface area contributed by atoms with E-state index in [2.05, 4.69) is 10.3 Å². The highest BCUT2D eigenvalue weighted by molar-refractivity contribution is 7.09. The molecule has 1 aromatic heterocycles. The Morgan fingerprint density at radius 3 is 2.85 bits per heavy atom. The summed E-state index contributed by atoms with van der Waals surface area (Å²) in [5.74, 6) is -1.06. The maximum absolute atomic E-state index is 10.8. The molecule has 0 fully saturated rings. The quantitative estimate of drug-likeness (QED) is 0.626. The largest absolute Gasteiger partial charge is 0.476 e. The van der Waals surface area contributed by atoms with Crippen molar-refractivity contribution in [3.05, 3.63) is 50.5 Å². The fourth-order valence-corrected chi connectivity index (χ4v) is 2.38. The van der Waals surface area contributed by atoms with Gasteiger partial charge >= 0.3 is 5.97 Å². The molecule has 1 aromatic carbocycles. The van der Waals surface area contributed by atoms with Gasteiger partial charge < -0.3 is 10.4 Å². The second kappa shape index (κ2) is 6.11. The Bertz CT molecular complexity index is 641. The van der Waals surface area contributed by atoms with Gasteiger partial charge in [-0.15, -0.1) is 11.3 Å². The van der Waals surface area contributed by atoms with E-state index in [0.29, 0.717) is 23.7 Å². The summed E-state index contributed by atoms with van der Waals surface area (Å²) < 4.78 is 0. The summed E-state index contributed by atoms with van der Waals surface area (Å²) in [6.07, 6.45) is 0.504. The molecule has 0 aliphatic rings. The van der Waals surface area contributed by atoms with Crippen LogP contribution in [0.5, 0.6) is 0 Å². The second-order valence-corrected chi connectivity index (χ2v) is 4.83. The highest BCUT2D eigenvalue weighted by Crippen LogP contribution is 2.23. The highest BCUT2D eigenvalue weighted by Gasteiger charge is 2.12. The smallest absolute Gasteiger partial charge is 0.355 e. The summed E-state index contributed by atoms with van der Waals surface area (Å²) in [5, 5.41) is 24.7. The number of nitrogens with one attached hydrogen (secondary N) is 1. The van der Waals surface area contributed by atoms with Crippen molar-refractivity contribution >= 4 is 28.7 Å². The van der Waals surface area contributed by atoms with Crippen LogP contribution in [0.3, 0.4) is 0 Å². The molecule has 104 valence electrons. The first-order valence-corrected chi connectivity index (χ1v) is 6.61. The zero-order valence-electron chi connectivity index (χ0n) is 10.3. The van der Waals surface area contributed by atoms with Crippen molar-refractivity contribution < 1.29 is 14.8 Å². The van der Waals surface area contributed by atoms with E-state index in [1.54, 1.807) is 18.2 Å². The summed E-state index contributed by atoms with van der Waals surface area (Å²) in [5.41, 5.74) is 0.473. The lowest BCUT2D eigenvalue weighted by Gasteiger charge is -2.05. The molecule has 1 heterocycles. The molecule has 0 bridgehead atoms. The predicted octanol–water partition coefficient (Wildman–Crippen LogP) is 2.40. The van der Waals surface area contributed by atoms with E-state index in [0.717, 1.165) is 0 Å². The van der Waals surface area contributed by atoms with Crippen molar-refractivity contribution in [2.75, 3.05) is 11.9 Å². The van der Waals surface area contributed by atoms with Gasteiger partial charge in [0.25, 0.3) is 5.69 Å². The van der Waals surface area contributed by atoms with Gasteiger partial charge in [-0.05, 0) is 6.07 Å². The van der Waals surface area contributed by atoms with Gasteiger partial charge in [0.05, 0.1) is 9.93 Å². The monoisotopic (exact) mass is 293 g/mol. The number of hydrogen-bond donors (Lipinski definition) is 2. The molecule has 0 saturated heterocycles. The third kappa shape index (κ3) is 3.29. The molecular weight excluding hydrogens is 282 g/mol. The molecule has 20 heavy (non-hydrogen) atoms. The Labute approximate surface area is 118 Å². The van der Waals surface area contributed by atoms with Crippen LogP contribution in [0.2, 0.25) is 0 Å². The Balaban J connectivity index is 1.96. The van der Waals surface area contributed by atoms with Crippen molar-refractivity contribution in [2.24, 2.45) is 0 Å². The summed E-state index contributed by atoms with van der Waals surface area (Å²) >= 11 is 1.26. The molecule has 2 aromatic rings. The van der Waals surface area contributed by atoms with Gasteiger partial charge in [0.2, 0.25) is 0 Å². The number of rotatable bonds is 6. The average Bonchev–Trinajstić information content (AvgIpc) is 2.88. The van der Waals surface area contributed by atoms with E-state index >= 15 is 0 Å². The number of aromatic nitrogens is 1. The van der Waals surface area contributed by atoms with Crippen LogP contribution in [0, 0.1) is 10.1 Å². The first kappa shape index (κ1) is 13.9. The van der Waals surface area contributed by atoms with Gasteiger partial charge in [0, 0.05) is 24.4 Å². The van der Waals surface area contributed by atoms with Gasteiger partial charge in [0.15, 0.2) is 5.69 Å². The van der Waals surface area contributed by atoms with Gasteiger partial charge in [-0.1, -0.05) is 12.1 Å². The van der Waals surface area contributed by atoms with Crippen molar-refractivity contribution in [2.45, 2.75) is 6.42 Å². The van der Waals surface area contributed by atoms with E-state index in [9.17, 15) is 14.9 Å². The molecule has 0 saturated carbocycles. The number of para-hydroxylation sites is 2. The number of nitro groups is 1. The maximum Gasteiger partial charge on any atom is 0.355 e. The van der Waals surface area contributed by atoms with Gasteiger partial charge in [-0.2, -0.15) is 0 Å². The highest BCUT2D eigenvalue weighted by atomic mass is 32.1. The van der Waals surface area contributed by atoms with Crippen LogP contribution in [0.4, 0.5) is 11.4 Å². The zero-order valence-corrected chi connectivity index (χ0v) is 11.1. The molecule has 0 amide bonds. The van der Waals surface area contributed by atoms with Crippen LogP contribution in [-0.2, 0) is 6.42 Å². The molecule has 7 nitrogen and oxygen atoms in total. The third-order valence-electron chi connectivity index (χ3n) is 2.53. The van der Waals surface area contributed by atoms with E-state index in [1.165, 1.54) is 22.8 Å². The van der Waals surface area contributed by atoms with Crippen LogP contribution in [0.15, 0.2) is 29.6 Å². The topological polar surface area (TPSA) is 105 Å². The Morgan fingerprint density at radius 2 is 2.20 bits per heavy atom. The molecule has 2 rings (SSSR count). The van der Waals surface area contributed by atoms with Crippen molar-refractivity contribution in [1.29, 1.82) is 0 Å². The third-order valence-corrected chi connectivity index (χ3v) is 3.43. The van der Waals surface area contributed by atoms with Crippen LogP contribution in [0.1, 0.15) is 15.5 Å². The summed E-state index contributed by atoms with van der Waals surface area (Å²) in [6.45, 7) is 0.442. The molecule has 0 spiro atoms. The number of carbonyl (C=O) groups is 1. The van der Waals surface area contributed by atoms with Crippen molar-refractivity contribution in [3.63, 3.8) is 0 Å². The van der Waals surface area contributed by atoms with Gasteiger partial charge in [-0.3, -0.25) is 10.1 Å². The molecule has 0 unspecified atom stereocenters. The number of carboxylic acids is 1. The van der Waals surface area contributed by atoms with E-state index in [4.69, 9.17) is 5.11 Å². The number of thiazole rings is 1. The molecular formula is C12H11N3O4S. The number of hydrogen-bond acceptors (Lipinski definition) is 6. The first-order valence-electron chi connectivity index (χ1n) is 5.73. The second-order valence-electron chi connectivity index (χ2n) is 3.88. The average molecular weight is 293 g/mol. The van der Waals surface area contributed by atoms with E-state index < -0.39 is 10.9 Å². The minimum atomic E-state index is -1.06. The minimum Gasteiger partial charge on any atom is -0.476 e. The van der Waals surface area contributed by atoms with Crippen molar-refractivity contribution in [1.82, 2.24) is 4.98 Å². The lowest BCUT2D eigenvalue weighted by molar-refractivity contribution is -0.384. The number of nitrogens with zero attached hydrogens (tertiary/aromatic N) is 2. The molecule has 0 aliphatic carbocycles. The predicted molar refractivity (Wildman–Crippen MR) is 74.4 cm³/mol. The summed E-state index contributed by atoms with van der Waals surface area (Å²) in [4.78, 5) is 25.0. The first-order chi connectivity index (χ1) is 9.58. The van der Waals surface area contributed by atoms with Crippen LogP contribution in [-0.4, -0.2) is 27.5 Å². The normalized spacial score (nSPS) is 10.2. The van der Waals surface area contributed by atoms with Crippen LogP contribution < -0.4 is 5.32 Å². The standard InChI is InChI=1S/C12H11N3O4S/c16-12(17)9-7-20-11(14-9)5-6-13-8-3-1-2-4-10(8)15(18)19/h1-4,7,13H,5-6H2,(H,16,17). The SMILES string of the molecule is O=C(O)c1csc(CCNc2ccccc2[N+](=O)[O-])n1. The lowest BCUT2D eigenvalue weighted by atomic mass is 10.2. The van der Waals surface area contributed by atoms with E-state index in [-0.39, 0.29) is 11.4 Å². The number of aromatic carboxylic acids is 1. The number of benzene rings is 1. The number of anilines is 1. The Hall–Kier alpha value is -2.48. The fourth-order valence-electron chi connectivity index (χ4n) is 1.61. The molecule has 2 N–H and O–H groups in total. The zero-order chi connectivity index (χ0) is 14.5. The number of carboxylic acid groups (broad SMARTS) is 1. The molecule has 0 atom stereocenters. The van der Waals surface area contributed by atoms with Crippen LogP contribution >= 0.6 is 11.3 Å². The molecule has 0 radical (unpaired) electrons. The van der Waals surface area contributed by atoms with Crippen molar-refractivity contribution in [3.8, 4) is 0 Å². The van der Waals surface area contributed by atoms with E-state index in [1.807, 2.05) is 0 Å². The Kier molecular flexibility index (Phi) is 4.26. The number of nitro benzene ring substituents is 1. The molecule has 8 heteroatoms. The molecule has 0 aliphatic heterocycles. The fraction of sp³-hybridized carbons (Fsp3) is 0.167. The maximum atomic E-state index is 10.8. The summed E-state index contributed by atoms with van der Waals surface area (Å²) in [6, 6.07) is 6.36. The van der Waals surface area contributed by atoms with Crippen LogP contribution in [0.25, 0.3) is 0 Å². The Morgan fingerprint density at radius 1 is 1.45 bits per heavy atom. The van der Waals surface area contributed by atoms with Gasteiger partial charge in [-0.25, -0.2) is 9.78 Å².